The third-order valence-corrected chi connectivity index (χ3v) is 4.62. The number of hydrogen-bond donors (Lipinski definition) is 2. The van der Waals surface area contributed by atoms with Gasteiger partial charge in [0.05, 0.1) is 5.39 Å². The van der Waals surface area contributed by atoms with E-state index in [-0.39, 0.29) is 23.2 Å². The fourth-order valence-electron chi connectivity index (χ4n) is 2.40. The number of aromatic nitrogens is 2. The molecule has 0 spiro atoms. The van der Waals surface area contributed by atoms with Crippen molar-refractivity contribution in [2.45, 2.75) is 18.9 Å². The molecule has 2 heterocycles. The quantitative estimate of drug-likeness (QED) is 0.879. The summed E-state index contributed by atoms with van der Waals surface area (Å²) in [4.78, 5) is 24.0. The second-order valence-electron chi connectivity index (χ2n) is 4.83. The molecule has 1 amide bonds. The number of aromatic amines is 1. The van der Waals surface area contributed by atoms with Gasteiger partial charge in [0, 0.05) is 17.2 Å². The van der Waals surface area contributed by atoms with Gasteiger partial charge in [-0.05, 0) is 24.7 Å². The monoisotopic (exact) mass is 289 g/mol. The maximum atomic E-state index is 12.3. The van der Waals surface area contributed by atoms with Crippen LogP contribution in [0.15, 0.2) is 29.1 Å². The van der Waals surface area contributed by atoms with E-state index in [2.05, 4.69) is 15.5 Å². The van der Waals surface area contributed by atoms with Gasteiger partial charge < -0.3 is 5.32 Å². The number of fused-ring (bicyclic) bond motifs is 1. The minimum absolute atomic E-state index is 0.189. The summed E-state index contributed by atoms with van der Waals surface area (Å²) in [7, 11) is 0. The van der Waals surface area contributed by atoms with Crippen molar-refractivity contribution >= 4 is 28.4 Å². The minimum atomic E-state index is -0.273. The summed E-state index contributed by atoms with van der Waals surface area (Å²) in [6, 6.07) is 7.22. The summed E-state index contributed by atoms with van der Waals surface area (Å²) >= 11 is 1.85. The highest BCUT2D eigenvalue weighted by molar-refractivity contribution is 7.99. The highest BCUT2D eigenvalue weighted by Gasteiger charge is 2.19. The molecule has 104 valence electrons. The summed E-state index contributed by atoms with van der Waals surface area (Å²) < 4.78 is 0. The Labute approximate surface area is 120 Å². The first kappa shape index (κ1) is 13.2. The van der Waals surface area contributed by atoms with Crippen molar-refractivity contribution < 1.29 is 4.79 Å². The fourth-order valence-corrected chi connectivity index (χ4v) is 3.47. The van der Waals surface area contributed by atoms with Crippen LogP contribution in [0.5, 0.6) is 0 Å². The lowest BCUT2D eigenvalue weighted by Crippen LogP contribution is -2.39. The largest absolute Gasteiger partial charge is 0.347 e. The van der Waals surface area contributed by atoms with Gasteiger partial charge in [0.1, 0.15) is 0 Å². The molecule has 6 heteroatoms. The summed E-state index contributed by atoms with van der Waals surface area (Å²) in [5, 5.41) is 10.4. The van der Waals surface area contributed by atoms with Crippen LogP contribution < -0.4 is 10.9 Å². The van der Waals surface area contributed by atoms with Gasteiger partial charge in [0.2, 0.25) is 0 Å². The molecule has 1 fully saturated rings. The Kier molecular flexibility index (Phi) is 3.73. The van der Waals surface area contributed by atoms with Crippen molar-refractivity contribution in [2.75, 3.05) is 11.5 Å². The van der Waals surface area contributed by atoms with Crippen LogP contribution in [0.2, 0.25) is 0 Å². The second-order valence-corrected chi connectivity index (χ2v) is 5.98. The SMILES string of the molecule is O=C(NC1CCCSC1)c1n[nH]c(=O)c2ccccc12. The second kappa shape index (κ2) is 5.66. The van der Waals surface area contributed by atoms with Gasteiger partial charge in [-0.2, -0.15) is 16.9 Å². The number of hydrogen-bond acceptors (Lipinski definition) is 4. The molecule has 0 saturated carbocycles. The fraction of sp³-hybridized carbons (Fsp3) is 0.357. The average molecular weight is 289 g/mol. The molecule has 0 bridgehead atoms. The van der Waals surface area contributed by atoms with Gasteiger partial charge in [0.25, 0.3) is 11.5 Å². The Bertz CT molecular complexity index is 692. The number of carbonyl (C=O) groups excluding carboxylic acids is 1. The van der Waals surface area contributed by atoms with E-state index in [1.54, 1.807) is 24.3 Å². The molecule has 0 aliphatic carbocycles. The number of nitrogens with one attached hydrogen (secondary N) is 2. The Morgan fingerprint density at radius 2 is 2.15 bits per heavy atom. The van der Waals surface area contributed by atoms with E-state index in [1.807, 2.05) is 11.8 Å². The first-order chi connectivity index (χ1) is 9.75. The molecule has 5 nitrogen and oxygen atoms in total. The molecule has 2 N–H and O–H groups in total. The maximum Gasteiger partial charge on any atom is 0.272 e. The van der Waals surface area contributed by atoms with E-state index in [4.69, 9.17) is 0 Å². The van der Waals surface area contributed by atoms with E-state index in [0.717, 1.165) is 24.3 Å². The molecule has 2 aromatic rings. The molecule has 1 aliphatic rings. The highest BCUT2D eigenvalue weighted by Crippen LogP contribution is 2.18. The van der Waals surface area contributed by atoms with E-state index < -0.39 is 0 Å². The molecule has 3 rings (SSSR count). The number of H-pyrrole nitrogens is 1. The number of amides is 1. The lowest BCUT2D eigenvalue weighted by Gasteiger charge is -2.22. The van der Waals surface area contributed by atoms with Gasteiger partial charge in [0.15, 0.2) is 5.69 Å². The molecule has 1 saturated heterocycles. The van der Waals surface area contributed by atoms with Crippen LogP contribution in [0, 0.1) is 0 Å². The van der Waals surface area contributed by atoms with Crippen molar-refractivity contribution in [1.82, 2.24) is 15.5 Å². The van der Waals surface area contributed by atoms with Crippen LogP contribution in [0.25, 0.3) is 10.8 Å². The Balaban J connectivity index is 1.91. The van der Waals surface area contributed by atoms with Gasteiger partial charge in [-0.1, -0.05) is 18.2 Å². The topological polar surface area (TPSA) is 74.8 Å². The molecule has 1 atom stereocenters. The zero-order valence-electron chi connectivity index (χ0n) is 10.9. The zero-order chi connectivity index (χ0) is 13.9. The minimum Gasteiger partial charge on any atom is -0.347 e. The lowest BCUT2D eigenvalue weighted by atomic mass is 10.1. The highest BCUT2D eigenvalue weighted by atomic mass is 32.2. The Hall–Kier alpha value is -1.82. The summed E-state index contributed by atoms with van der Waals surface area (Å²) in [5.41, 5.74) is 0.0149. The van der Waals surface area contributed by atoms with Crippen LogP contribution in [0.1, 0.15) is 23.3 Å². The van der Waals surface area contributed by atoms with Gasteiger partial charge in [-0.15, -0.1) is 0 Å². The van der Waals surface area contributed by atoms with E-state index in [0.29, 0.717) is 10.8 Å². The molecule has 0 radical (unpaired) electrons. The summed E-state index contributed by atoms with van der Waals surface area (Å²) in [5.74, 6) is 1.88. The smallest absolute Gasteiger partial charge is 0.272 e. The third-order valence-electron chi connectivity index (χ3n) is 3.41. The average Bonchev–Trinajstić information content (AvgIpc) is 2.49. The van der Waals surface area contributed by atoms with Crippen LogP contribution in [-0.4, -0.2) is 33.7 Å². The molecule has 1 aliphatic heterocycles. The van der Waals surface area contributed by atoms with Gasteiger partial charge in [-0.3, -0.25) is 9.59 Å². The Morgan fingerprint density at radius 1 is 1.35 bits per heavy atom. The van der Waals surface area contributed by atoms with Crippen molar-refractivity contribution in [2.24, 2.45) is 0 Å². The van der Waals surface area contributed by atoms with E-state index >= 15 is 0 Å². The third kappa shape index (κ3) is 2.56. The predicted molar refractivity (Wildman–Crippen MR) is 80.2 cm³/mol. The molecule has 1 aromatic carbocycles. The number of thioether (sulfide) groups is 1. The molecular weight excluding hydrogens is 274 g/mol. The van der Waals surface area contributed by atoms with Crippen molar-refractivity contribution in [3.8, 4) is 0 Å². The summed E-state index contributed by atoms with van der Waals surface area (Å²) in [6.07, 6.45) is 2.12. The first-order valence-electron chi connectivity index (χ1n) is 6.62. The maximum absolute atomic E-state index is 12.3. The molecular formula is C14H15N3O2S. The van der Waals surface area contributed by atoms with Crippen LogP contribution in [-0.2, 0) is 0 Å². The molecule has 1 unspecified atom stereocenters. The number of rotatable bonds is 2. The summed E-state index contributed by atoms with van der Waals surface area (Å²) in [6.45, 7) is 0. The molecule has 20 heavy (non-hydrogen) atoms. The van der Waals surface area contributed by atoms with Crippen molar-refractivity contribution in [3.05, 3.63) is 40.3 Å². The predicted octanol–water partition coefficient (Wildman–Crippen LogP) is 1.55. The first-order valence-corrected chi connectivity index (χ1v) is 7.77. The molecule has 1 aromatic heterocycles. The van der Waals surface area contributed by atoms with Gasteiger partial charge >= 0.3 is 0 Å². The number of nitrogens with zero attached hydrogens (tertiary/aromatic N) is 1. The number of benzene rings is 1. The van der Waals surface area contributed by atoms with Crippen LogP contribution >= 0.6 is 11.8 Å². The van der Waals surface area contributed by atoms with Crippen molar-refractivity contribution in [1.29, 1.82) is 0 Å². The zero-order valence-corrected chi connectivity index (χ0v) is 11.7. The van der Waals surface area contributed by atoms with Gasteiger partial charge in [-0.25, -0.2) is 5.10 Å². The van der Waals surface area contributed by atoms with Crippen molar-refractivity contribution in [3.63, 3.8) is 0 Å². The Morgan fingerprint density at radius 3 is 2.90 bits per heavy atom. The lowest BCUT2D eigenvalue weighted by molar-refractivity contribution is 0.0934. The van der Waals surface area contributed by atoms with E-state index in [1.165, 1.54) is 0 Å². The standard InChI is InChI=1S/C14H15N3O2S/c18-13-11-6-2-1-5-10(11)12(16-17-13)14(19)15-9-4-3-7-20-8-9/h1-2,5-6,9H,3-4,7-8H2,(H,15,19)(H,17,18). The van der Waals surface area contributed by atoms with Crippen LogP contribution in [0.4, 0.5) is 0 Å². The number of carbonyl (C=O) groups is 1. The van der Waals surface area contributed by atoms with Crippen LogP contribution in [0.3, 0.4) is 0 Å². The normalized spacial score (nSPS) is 18.9. The van der Waals surface area contributed by atoms with E-state index in [9.17, 15) is 9.59 Å².